The fraction of sp³-hybridized carbons (Fsp3) is 0.0882. The van der Waals surface area contributed by atoms with Crippen LogP contribution in [0, 0.1) is 17.1 Å². The van der Waals surface area contributed by atoms with Gasteiger partial charge in [0.2, 0.25) is 0 Å². The number of nitriles is 1. The number of hydrogen-bond donors (Lipinski definition) is 1. The minimum Gasteiger partial charge on any atom is -0.489 e. The summed E-state index contributed by atoms with van der Waals surface area (Å²) in [4.78, 5) is 13.1. The number of hydrogen-bond acceptors (Lipinski definition) is 4. The normalized spacial score (nSPS) is 11.9. The van der Waals surface area contributed by atoms with Crippen molar-refractivity contribution in [3.05, 3.63) is 143 Å². The molecular formula is C34H27FN4O2. The van der Waals surface area contributed by atoms with Crippen LogP contribution in [0.3, 0.4) is 0 Å². The van der Waals surface area contributed by atoms with Crippen LogP contribution in [0.15, 0.2) is 121 Å². The van der Waals surface area contributed by atoms with Gasteiger partial charge >= 0.3 is 0 Å². The van der Waals surface area contributed by atoms with Crippen molar-refractivity contribution >= 4 is 12.0 Å². The molecule has 0 bridgehead atoms. The average Bonchev–Trinajstić information content (AvgIpc) is 3.44. The predicted molar refractivity (Wildman–Crippen MR) is 156 cm³/mol. The molecule has 4 aromatic carbocycles. The average molecular weight is 543 g/mol. The molecule has 0 aliphatic rings. The zero-order valence-electron chi connectivity index (χ0n) is 22.4. The third-order valence-electron chi connectivity index (χ3n) is 6.56. The van der Waals surface area contributed by atoms with Crippen molar-refractivity contribution in [3.8, 4) is 28.8 Å². The Hall–Kier alpha value is -5.48. The molecule has 1 N–H and O–H groups in total. The van der Waals surface area contributed by atoms with Gasteiger partial charge in [-0.25, -0.2) is 9.07 Å². The van der Waals surface area contributed by atoms with Crippen LogP contribution in [0.5, 0.6) is 5.75 Å². The number of nitrogens with one attached hydrogen (secondary N) is 1. The lowest BCUT2D eigenvalue weighted by molar-refractivity contribution is -0.117. The van der Waals surface area contributed by atoms with Crippen LogP contribution in [-0.2, 0) is 11.4 Å². The van der Waals surface area contributed by atoms with E-state index in [1.54, 1.807) is 47.3 Å². The Morgan fingerprint density at radius 1 is 0.976 bits per heavy atom. The van der Waals surface area contributed by atoms with E-state index < -0.39 is 5.91 Å². The van der Waals surface area contributed by atoms with E-state index in [0.717, 1.165) is 16.8 Å². The molecule has 1 heterocycles. The molecule has 1 aromatic heterocycles. The van der Waals surface area contributed by atoms with Crippen LogP contribution >= 0.6 is 0 Å². The third kappa shape index (κ3) is 6.57. The van der Waals surface area contributed by atoms with Gasteiger partial charge in [-0.3, -0.25) is 4.79 Å². The lowest BCUT2D eigenvalue weighted by atomic mass is 10.0. The third-order valence-corrected chi connectivity index (χ3v) is 6.56. The molecule has 0 radical (unpaired) electrons. The highest BCUT2D eigenvalue weighted by Crippen LogP contribution is 2.28. The molecule has 0 saturated carbocycles. The van der Waals surface area contributed by atoms with Crippen molar-refractivity contribution in [2.75, 3.05) is 0 Å². The fourth-order valence-corrected chi connectivity index (χ4v) is 4.32. The summed E-state index contributed by atoms with van der Waals surface area (Å²) >= 11 is 0. The molecule has 7 heteroatoms. The summed E-state index contributed by atoms with van der Waals surface area (Å²) in [5.74, 6) is -0.217. The number of ether oxygens (including phenoxy) is 1. The second kappa shape index (κ2) is 12.6. The van der Waals surface area contributed by atoms with Crippen LogP contribution in [0.4, 0.5) is 4.39 Å². The maximum Gasteiger partial charge on any atom is 0.262 e. The van der Waals surface area contributed by atoms with Crippen molar-refractivity contribution in [2.45, 2.75) is 19.6 Å². The van der Waals surface area contributed by atoms with Crippen molar-refractivity contribution in [1.82, 2.24) is 15.1 Å². The monoisotopic (exact) mass is 542 g/mol. The van der Waals surface area contributed by atoms with E-state index in [1.165, 1.54) is 6.07 Å². The zero-order valence-corrected chi connectivity index (χ0v) is 22.4. The number of halogens is 1. The second-order valence-electron chi connectivity index (χ2n) is 9.39. The first-order valence-corrected chi connectivity index (χ1v) is 13.1. The molecule has 6 nitrogen and oxygen atoms in total. The van der Waals surface area contributed by atoms with E-state index >= 15 is 0 Å². The van der Waals surface area contributed by atoms with Crippen LogP contribution in [0.2, 0.25) is 0 Å². The van der Waals surface area contributed by atoms with Gasteiger partial charge < -0.3 is 10.1 Å². The minimum absolute atomic E-state index is 0.0357. The molecule has 0 spiro atoms. The fourth-order valence-electron chi connectivity index (χ4n) is 4.32. The smallest absolute Gasteiger partial charge is 0.262 e. The van der Waals surface area contributed by atoms with Gasteiger partial charge in [-0.05, 0) is 61.0 Å². The summed E-state index contributed by atoms with van der Waals surface area (Å²) in [6, 6.07) is 34.6. The molecule has 0 saturated heterocycles. The lowest BCUT2D eigenvalue weighted by Gasteiger charge is -2.13. The van der Waals surface area contributed by atoms with Gasteiger partial charge in [-0.15, -0.1) is 0 Å². The van der Waals surface area contributed by atoms with Gasteiger partial charge in [0, 0.05) is 22.9 Å². The molecule has 1 unspecified atom stereocenters. The molecule has 5 aromatic rings. The highest BCUT2D eigenvalue weighted by atomic mass is 19.1. The molecule has 0 fully saturated rings. The van der Waals surface area contributed by atoms with Gasteiger partial charge in [0.05, 0.1) is 17.4 Å². The highest BCUT2D eigenvalue weighted by Gasteiger charge is 2.17. The number of benzene rings is 4. The van der Waals surface area contributed by atoms with E-state index in [1.807, 2.05) is 85.8 Å². The summed E-state index contributed by atoms with van der Waals surface area (Å²) in [6.07, 6.45) is 3.34. The number of carbonyl (C=O) groups excluding carboxylic acids is 1. The van der Waals surface area contributed by atoms with Crippen molar-refractivity contribution < 1.29 is 13.9 Å². The molecular weight excluding hydrogens is 515 g/mol. The van der Waals surface area contributed by atoms with Crippen LogP contribution in [0.1, 0.15) is 29.7 Å². The van der Waals surface area contributed by atoms with E-state index in [-0.39, 0.29) is 24.0 Å². The standard InChI is InChI=1S/C34H27FN4O2/c1-24(25-10-4-2-5-11-25)37-34(40)28(21-36)20-29-22-39(30-13-6-3-7-14-30)38-33(29)26-16-18-31(19-17-26)41-23-27-12-8-9-15-32(27)35/h2-20,22,24H,23H2,1H3,(H,37,40)/b28-20+. The van der Waals surface area contributed by atoms with Gasteiger partial charge in [0.1, 0.15) is 29.8 Å². The Labute approximate surface area is 238 Å². The maximum atomic E-state index is 14.0. The first-order chi connectivity index (χ1) is 20.0. The zero-order chi connectivity index (χ0) is 28.6. The Kier molecular flexibility index (Phi) is 8.32. The molecule has 1 atom stereocenters. The maximum absolute atomic E-state index is 14.0. The Morgan fingerprint density at radius 3 is 2.32 bits per heavy atom. The minimum atomic E-state index is -0.473. The van der Waals surface area contributed by atoms with Crippen LogP contribution in [0.25, 0.3) is 23.0 Å². The predicted octanol–water partition coefficient (Wildman–Crippen LogP) is 7.04. The number of para-hydroxylation sites is 1. The van der Waals surface area contributed by atoms with Crippen molar-refractivity contribution in [3.63, 3.8) is 0 Å². The Bertz CT molecular complexity index is 1710. The summed E-state index contributed by atoms with van der Waals surface area (Å²) in [5.41, 5.74) is 4.16. The Morgan fingerprint density at radius 2 is 1.63 bits per heavy atom. The van der Waals surface area contributed by atoms with Gasteiger partial charge in [0.15, 0.2) is 0 Å². The molecule has 0 aliphatic carbocycles. The second-order valence-corrected chi connectivity index (χ2v) is 9.39. The van der Waals surface area contributed by atoms with Gasteiger partial charge in [0.25, 0.3) is 5.91 Å². The van der Waals surface area contributed by atoms with E-state index in [9.17, 15) is 14.4 Å². The number of carbonyl (C=O) groups is 1. The van der Waals surface area contributed by atoms with E-state index in [0.29, 0.717) is 22.6 Å². The number of amides is 1. The molecule has 0 aliphatic heterocycles. The molecule has 1 amide bonds. The van der Waals surface area contributed by atoms with Gasteiger partial charge in [-0.1, -0.05) is 66.7 Å². The molecule has 41 heavy (non-hydrogen) atoms. The summed E-state index contributed by atoms with van der Waals surface area (Å²) in [7, 11) is 0. The first kappa shape index (κ1) is 27.1. The van der Waals surface area contributed by atoms with Gasteiger partial charge in [-0.2, -0.15) is 10.4 Å². The summed E-state index contributed by atoms with van der Waals surface area (Å²) in [6.45, 7) is 1.97. The van der Waals surface area contributed by atoms with Crippen molar-refractivity contribution in [1.29, 1.82) is 5.26 Å². The highest BCUT2D eigenvalue weighted by molar-refractivity contribution is 6.02. The largest absolute Gasteiger partial charge is 0.489 e. The quantitative estimate of drug-likeness (QED) is 0.160. The number of nitrogens with zero attached hydrogens (tertiary/aromatic N) is 3. The van der Waals surface area contributed by atoms with E-state index in [2.05, 4.69) is 5.32 Å². The topological polar surface area (TPSA) is 79.9 Å². The van der Waals surface area contributed by atoms with Crippen molar-refractivity contribution in [2.24, 2.45) is 0 Å². The first-order valence-electron chi connectivity index (χ1n) is 13.1. The lowest BCUT2D eigenvalue weighted by Crippen LogP contribution is -2.27. The van der Waals surface area contributed by atoms with Crippen LogP contribution in [-0.4, -0.2) is 15.7 Å². The van der Waals surface area contributed by atoms with E-state index in [4.69, 9.17) is 9.84 Å². The number of aromatic nitrogens is 2. The Balaban J connectivity index is 1.43. The molecule has 202 valence electrons. The molecule has 5 rings (SSSR count). The summed E-state index contributed by atoms with van der Waals surface area (Å²) < 4.78 is 21.5. The number of rotatable bonds is 9. The summed E-state index contributed by atoms with van der Waals surface area (Å²) in [5, 5.41) is 17.6. The SMILES string of the molecule is CC(NC(=O)/C(C#N)=C/c1cn(-c2ccccc2)nc1-c1ccc(OCc2ccccc2F)cc1)c1ccccc1. The van der Waals surface area contributed by atoms with Crippen LogP contribution < -0.4 is 10.1 Å².